The first-order valence-electron chi connectivity index (χ1n) is 7.03. The molecular formula is C15H21N3O2. The second-order valence-electron chi connectivity index (χ2n) is 4.70. The van der Waals surface area contributed by atoms with Gasteiger partial charge in [-0.25, -0.2) is 0 Å². The first kappa shape index (κ1) is 14.5. The van der Waals surface area contributed by atoms with E-state index in [1.807, 2.05) is 24.3 Å². The van der Waals surface area contributed by atoms with Crippen LogP contribution in [0.4, 0.5) is 0 Å². The van der Waals surface area contributed by atoms with E-state index in [0.29, 0.717) is 18.3 Å². The summed E-state index contributed by atoms with van der Waals surface area (Å²) >= 11 is 0. The van der Waals surface area contributed by atoms with Crippen LogP contribution >= 0.6 is 0 Å². The van der Waals surface area contributed by atoms with Gasteiger partial charge in [-0.15, -0.1) is 0 Å². The van der Waals surface area contributed by atoms with Crippen molar-refractivity contribution in [1.82, 2.24) is 10.1 Å². The number of benzene rings is 1. The lowest BCUT2D eigenvalue weighted by Crippen LogP contribution is -2.11. The molecule has 0 amide bonds. The van der Waals surface area contributed by atoms with Crippen molar-refractivity contribution in [1.29, 1.82) is 0 Å². The van der Waals surface area contributed by atoms with Crippen molar-refractivity contribution in [3.8, 4) is 5.75 Å². The number of nitrogens with zero attached hydrogens (tertiary/aromatic N) is 2. The molecule has 2 N–H and O–H groups in total. The molecule has 0 saturated carbocycles. The molecule has 1 aromatic heterocycles. The predicted octanol–water partition coefficient (Wildman–Crippen LogP) is 3.01. The van der Waals surface area contributed by atoms with Gasteiger partial charge < -0.3 is 15.0 Å². The van der Waals surface area contributed by atoms with E-state index in [4.69, 9.17) is 15.0 Å². The fourth-order valence-electron chi connectivity index (χ4n) is 1.94. The van der Waals surface area contributed by atoms with Gasteiger partial charge in [0.25, 0.3) is 0 Å². The zero-order valence-electron chi connectivity index (χ0n) is 12.0. The second kappa shape index (κ2) is 7.05. The first-order chi connectivity index (χ1) is 9.74. The normalized spacial score (nSPS) is 12.3. The van der Waals surface area contributed by atoms with Gasteiger partial charge in [0, 0.05) is 18.0 Å². The number of ether oxygens (including phenoxy) is 1. The smallest absolute Gasteiger partial charge is 0.226 e. The molecule has 0 aliphatic heterocycles. The standard InChI is InChI=1S/C15H21N3O2/c1-3-7-15-17-14(18-20-15)10-19-13-9-6-5-8-11(13)12(16)4-2/h5-6,8-9,12H,3-4,7,10,16H2,1-2H3/t12-/m0/s1. The van der Waals surface area contributed by atoms with Crippen LogP contribution in [-0.4, -0.2) is 10.1 Å². The Morgan fingerprint density at radius 3 is 2.85 bits per heavy atom. The van der Waals surface area contributed by atoms with Crippen LogP contribution in [0.15, 0.2) is 28.8 Å². The zero-order valence-corrected chi connectivity index (χ0v) is 12.0. The van der Waals surface area contributed by atoms with Crippen LogP contribution in [0.3, 0.4) is 0 Å². The van der Waals surface area contributed by atoms with Gasteiger partial charge in [-0.05, 0) is 18.9 Å². The van der Waals surface area contributed by atoms with Crippen LogP contribution in [0.25, 0.3) is 0 Å². The van der Waals surface area contributed by atoms with Crippen molar-refractivity contribution in [2.75, 3.05) is 0 Å². The number of aryl methyl sites for hydroxylation is 1. The molecule has 0 fully saturated rings. The van der Waals surface area contributed by atoms with Crippen molar-refractivity contribution in [2.45, 2.75) is 45.8 Å². The van der Waals surface area contributed by atoms with Gasteiger partial charge in [0.05, 0.1) is 0 Å². The Balaban J connectivity index is 2.02. The summed E-state index contributed by atoms with van der Waals surface area (Å²) in [5, 5.41) is 3.90. The number of rotatable bonds is 7. The third-order valence-corrected chi connectivity index (χ3v) is 3.09. The minimum atomic E-state index is -0.0212. The van der Waals surface area contributed by atoms with E-state index in [1.54, 1.807) is 0 Å². The van der Waals surface area contributed by atoms with Crippen LogP contribution in [0.2, 0.25) is 0 Å². The third-order valence-electron chi connectivity index (χ3n) is 3.09. The van der Waals surface area contributed by atoms with Crippen molar-refractivity contribution >= 4 is 0 Å². The predicted molar refractivity (Wildman–Crippen MR) is 76.3 cm³/mol. The second-order valence-corrected chi connectivity index (χ2v) is 4.70. The average molecular weight is 275 g/mol. The fraction of sp³-hybridized carbons (Fsp3) is 0.467. The molecule has 1 atom stereocenters. The SMILES string of the molecule is CCCc1nc(COc2ccccc2[C@@H](N)CC)no1. The van der Waals surface area contributed by atoms with Crippen LogP contribution in [0.5, 0.6) is 5.75 Å². The number of nitrogens with two attached hydrogens (primary N) is 1. The summed E-state index contributed by atoms with van der Waals surface area (Å²) in [5.41, 5.74) is 7.08. The lowest BCUT2D eigenvalue weighted by Gasteiger charge is -2.14. The van der Waals surface area contributed by atoms with E-state index in [2.05, 4.69) is 24.0 Å². The van der Waals surface area contributed by atoms with Crippen LogP contribution in [-0.2, 0) is 13.0 Å². The molecule has 5 nitrogen and oxygen atoms in total. The third kappa shape index (κ3) is 3.57. The van der Waals surface area contributed by atoms with E-state index < -0.39 is 0 Å². The number of para-hydroxylation sites is 1. The van der Waals surface area contributed by atoms with Gasteiger partial charge in [0.1, 0.15) is 5.75 Å². The molecule has 1 heterocycles. The molecule has 2 rings (SSSR count). The Hall–Kier alpha value is -1.88. The van der Waals surface area contributed by atoms with E-state index in [0.717, 1.165) is 30.6 Å². The maximum atomic E-state index is 6.08. The molecule has 5 heteroatoms. The summed E-state index contributed by atoms with van der Waals surface area (Å²) < 4.78 is 10.9. The number of aromatic nitrogens is 2. The summed E-state index contributed by atoms with van der Waals surface area (Å²) in [7, 11) is 0. The maximum absolute atomic E-state index is 6.08. The van der Waals surface area contributed by atoms with Crippen LogP contribution in [0, 0.1) is 0 Å². The molecule has 1 aromatic carbocycles. The van der Waals surface area contributed by atoms with Crippen LogP contribution in [0.1, 0.15) is 50.0 Å². The summed E-state index contributed by atoms with van der Waals surface area (Å²) in [6.07, 6.45) is 2.64. The quantitative estimate of drug-likeness (QED) is 0.840. The molecule has 0 saturated heterocycles. The molecule has 0 spiro atoms. The van der Waals surface area contributed by atoms with Gasteiger partial charge >= 0.3 is 0 Å². The van der Waals surface area contributed by atoms with Crippen molar-refractivity contribution in [2.24, 2.45) is 5.73 Å². The Labute approximate surface area is 119 Å². The molecular weight excluding hydrogens is 254 g/mol. The van der Waals surface area contributed by atoms with E-state index in [9.17, 15) is 0 Å². The van der Waals surface area contributed by atoms with Gasteiger partial charge in [0.15, 0.2) is 6.61 Å². The lowest BCUT2D eigenvalue weighted by molar-refractivity contribution is 0.281. The van der Waals surface area contributed by atoms with Gasteiger partial charge in [-0.3, -0.25) is 0 Å². The molecule has 0 bridgehead atoms. The highest BCUT2D eigenvalue weighted by molar-refractivity contribution is 5.35. The molecule has 0 aliphatic rings. The molecule has 0 radical (unpaired) electrons. The lowest BCUT2D eigenvalue weighted by atomic mass is 10.0. The highest BCUT2D eigenvalue weighted by atomic mass is 16.5. The Bertz CT molecular complexity index is 539. The summed E-state index contributed by atoms with van der Waals surface area (Å²) in [5.74, 6) is 2.00. The van der Waals surface area contributed by atoms with Crippen LogP contribution < -0.4 is 10.5 Å². The summed E-state index contributed by atoms with van der Waals surface area (Å²) in [6.45, 7) is 4.42. The molecule has 108 valence electrons. The zero-order chi connectivity index (χ0) is 14.4. The van der Waals surface area contributed by atoms with E-state index >= 15 is 0 Å². The highest BCUT2D eigenvalue weighted by Crippen LogP contribution is 2.25. The van der Waals surface area contributed by atoms with Gasteiger partial charge in [-0.2, -0.15) is 4.98 Å². The Kier molecular flexibility index (Phi) is 5.12. The molecule has 20 heavy (non-hydrogen) atoms. The van der Waals surface area contributed by atoms with Gasteiger partial charge in [-0.1, -0.05) is 37.2 Å². The minimum absolute atomic E-state index is 0.0212. The number of hydrogen-bond donors (Lipinski definition) is 1. The molecule has 0 aliphatic carbocycles. The van der Waals surface area contributed by atoms with E-state index in [-0.39, 0.29) is 6.04 Å². The maximum Gasteiger partial charge on any atom is 0.226 e. The molecule has 0 unspecified atom stereocenters. The first-order valence-corrected chi connectivity index (χ1v) is 7.03. The largest absolute Gasteiger partial charge is 0.485 e. The Morgan fingerprint density at radius 2 is 2.10 bits per heavy atom. The Morgan fingerprint density at radius 1 is 1.30 bits per heavy atom. The topological polar surface area (TPSA) is 74.2 Å². The highest BCUT2D eigenvalue weighted by Gasteiger charge is 2.11. The number of hydrogen-bond acceptors (Lipinski definition) is 5. The van der Waals surface area contributed by atoms with Crippen molar-refractivity contribution < 1.29 is 9.26 Å². The van der Waals surface area contributed by atoms with Crippen molar-refractivity contribution in [3.63, 3.8) is 0 Å². The summed E-state index contributed by atoms with van der Waals surface area (Å²) in [4.78, 5) is 4.28. The van der Waals surface area contributed by atoms with Crippen molar-refractivity contribution in [3.05, 3.63) is 41.5 Å². The summed E-state index contributed by atoms with van der Waals surface area (Å²) in [6, 6.07) is 7.78. The fourth-order valence-corrected chi connectivity index (χ4v) is 1.94. The molecule has 2 aromatic rings. The van der Waals surface area contributed by atoms with E-state index in [1.165, 1.54) is 0 Å². The monoisotopic (exact) mass is 275 g/mol. The minimum Gasteiger partial charge on any atom is -0.485 e. The van der Waals surface area contributed by atoms with Gasteiger partial charge in [0.2, 0.25) is 11.7 Å². The average Bonchev–Trinajstić information content (AvgIpc) is 2.93.